The Labute approximate surface area is 769 Å². The molecule has 0 radical (unpaired) electrons. The molecule has 17 fully saturated rings. The van der Waals surface area contributed by atoms with E-state index in [1.807, 2.05) is 0 Å². The van der Waals surface area contributed by atoms with Crippen LogP contribution in [0.2, 0.25) is 0 Å². The van der Waals surface area contributed by atoms with Gasteiger partial charge in [-0.3, -0.25) is 5.32 Å². The van der Waals surface area contributed by atoms with Gasteiger partial charge in [0, 0.05) is 25.0 Å². The minimum atomic E-state index is -1.78. The van der Waals surface area contributed by atoms with E-state index in [0.717, 1.165) is 63.8 Å². The highest BCUT2D eigenvalue weighted by atomic mass is 16.8. The number of nitrogens with one attached hydrogen (secondary N) is 1. The van der Waals surface area contributed by atoms with Crippen molar-refractivity contribution in [2.75, 3.05) is 26.4 Å². The molecule has 748 valence electrons. The molecule has 0 bridgehead atoms. The van der Waals surface area contributed by atoms with Crippen molar-refractivity contribution in [3.05, 3.63) is 23.3 Å². The molecule has 10 aliphatic carbocycles. The van der Waals surface area contributed by atoms with Gasteiger partial charge < -0.3 is 163 Å². The Morgan fingerprint density at radius 2 is 0.824 bits per heavy atom. The highest BCUT2D eigenvalue weighted by molar-refractivity contribution is 5.29. The molecule has 0 aromatic carbocycles. The predicted octanol–water partition coefficient (Wildman–Crippen LogP) is 1.99. The van der Waals surface area contributed by atoms with Crippen molar-refractivity contribution in [2.45, 2.75) is 456 Å². The lowest BCUT2D eigenvalue weighted by Gasteiger charge is -2.59. The highest BCUT2D eigenvalue weighted by Crippen LogP contribution is 2.73. The molecule has 34 nitrogen and oxygen atoms in total. The lowest BCUT2D eigenvalue weighted by Crippen LogP contribution is -2.67. The van der Waals surface area contributed by atoms with Gasteiger partial charge in [-0.05, 0) is 249 Å². The number of aliphatic hydroxyl groups is 18. The van der Waals surface area contributed by atoms with Crippen LogP contribution in [0.4, 0.5) is 0 Å². The summed E-state index contributed by atoms with van der Waals surface area (Å²) >= 11 is 0. The molecule has 19 N–H and O–H groups in total. The monoisotopic (exact) mass is 1860 g/mol. The SMILES string of the molecule is CC1CCC2(CC1)OC1CC3C4CC=C5CC(OC6CC(CO)C(O)C(OC7OC(C)C(O)C(O)C7O)C6OC6OC(C)C(O)C(O)C6O)CC[C@]5(C)C4CC[C@]3(C)C1[C@@H]2C.C[C@@H]1CC[C@@]2(NC1)O[C@H]1C[C@H]3[C@@H]4CC=C5C[C@@H](OC6O[C@H](CO)[C@@H](O[C@@H]7O[C@@H](C)[C@H](O)[C@@H](O)[C@H]7O[C@@H]7OC[C@@H](O)[C@H](O)[C@H]7O)[C@H](O)[C@H]6O[C@@H]6O[C@@H](C)[C@H](O)[C@@H](O)[C@H]6O)CC[C@]5(C)[C@H]4CC[C@]3(C)[C@H]1[C@@H]2C. The van der Waals surface area contributed by atoms with Crippen LogP contribution < -0.4 is 5.32 Å². The second kappa shape index (κ2) is 38.1. The van der Waals surface area contributed by atoms with Crippen molar-refractivity contribution >= 4 is 0 Å². The molecule has 19 rings (SSSR count). The smallest absolute Gasteiger partial charge is 0.187 e. The molecule has 9 saturated heterocycles. The van der Waals surface area contributed by atoms with Crippen molar-refractivity contribution in [1.82, 2.24) is 5.32 Å². The maximum Gasteiger partial charge on any atom is 0.187 e. The summed E-state index contributed by atoms with van der Waals surface area (Å²) in [4.78, 5) is 0. The van der Waals surface area contributed by atoms with Crippen molar-refractivity contribution in [1.29, 1.82) is 0 Å². The van der Waals surface area contributed by atoms with Gasteiger partial charge in [-0.25, -0.2) is 0 Å². The maximum atomic E-state index is 12.3. The standard InChI is InChI=1S/C50H81NO19.C47H76O14/c1-20-9-14-50(51-17-20)21(2)32-30(70-50)16-28-26-8-7-24-15-25(10-12-48(24,5)27(26)11-13-49(28,32)6)65-47-43(69-45-39(60)36(57)33(54)22(3)63-45)40(61)41(31(18-52)66-47)67-46-42(37(58)34(55)23(4)64-46)68-44-38(59)35(56)29(53)19-62-44;1-21-9-15-47(16-10-21)22(2)33-31(61-47)19-30-28-8-7-26-18-27(11-13-45(26,5)29(28)12-14-46(30,33)6)58-32-17-25(20-48)36(51)42(60-44-40(55)38(53)35(50)24(4)57-44)41(32)59-43-39(54)37(52)34(49)23(3)56-43/h7,20-23,25-47,51-61H,8-19H2,1-6H3;7,21-25,27-44,48-55H,8-20H2,1-6H3/t20-,21+,22+,23+,25+,26-,27+,28+,29-,30+,31-,32+,33+,34+,35+,36-,37-,38-,39-,40+,41-,42-,43-,44+,45+,46+,47?,48+,49+,50-;21?,22-,23?,24?,25?,27?,28?,29?,30?,31?,32?,33?,34?,35?,36?,37?,38?,39?,40?,41?,42?,43?,44?,45-,46-,47?/m10/s1. The minimum Gasteiger partial charge on any atom is -0.396 e. The van der Waals surface area contributed by atoms with Gasteiger partial charge in [-0.2, -0.15) is 0 Å². The third-order valence-electron chi connectivity index (χ3n) is 38.4. The molecular formula is C97H157NO33. The first-order chi connectivity index (χ1) is 62.1. The predicted molar refractivity (Wildman–Crippen MR) is 461 cm³/mol. The average molecular weight is 1870 g/mol. The van der Waals surface area contributed by atoms with E-state index < -0.39 is 234 Å². The summed E-state index contributed by atoms with van der Waals surface area (Å²) in [6.45, 7) is 25.2. The third kappa shape index (κ3) is 17.3. The summed E-state index contributed by atoms with van der Waals surface area (Å²) in [6, 6.07) is 0. The Morgan fingerprint density at radius 3 is 1.34 bits per heavy atom. The molecule has 131 heavy (non-hydrogen) atoms. The molecule has 9 heterocycles. The fourth-order valence-electron chi connectivity index (χ4n) is 30.4. The Hall–Kier alpha value is -1.88. The fraction of sp³-hybridized carbons (Fsp3) is 0.959. The van der Waals surface area contributed by atoms with E-state index in [0.29, 0.717) is 95.9 Å². The molecule has 0 aromatic heterocycles. The van der Waals surface area contributed by atoms with Crippen molar-refractivity contribution in [3.8, 4) is 0 Å². The van der Waals surface area contributed by atoms with Crippen LogP contribution in [0.25, 0.3) is 0 Å². The topological polar surface area (TPSA) is 515 Å². The maximum absolute atomic E-state index is 12.3. The van der Waals surface area contributed by atoms with E-state index >= 15 is 0 Å². The quantitative estimate of drug-likeness (QED) is 0.0983. The zero-order valence-corrected chi connectivity index (χ0v) is 78.4. The number of ether oxygens (including phenoxy) is 15. The molecule has 22 unspecified atom stereocenters. The summed E-state index contributed by atoms with van der Waals surface area (Å²) in [6.07, 6.45) is -21.9. The fourth-order valence-corrected chi connectivity index (χ4v) is 30.4. The summed E-state index contributed by atoms with van der Waals surface area (Å²) in [5.74, 6) is 6.37. The zero-order chi connectivity index (χ0) is 93.4. The van der Waals surface area contributed by atoms with Gasteiger partial charge in [-0.15, -0.1) is 0 Å². The first-order valence-corrected chi connectivity index (χ1v) is 50.2. The van der Waals surface area contributed by atoms with Crippen LogP contribution >= 0.6 is 0 Å². The number of aliphatic hydroxyl groups excluding tert-OH is 18. The first-order valence-electron chi connectivity index (χ1n) is 50.2. The molecule has 54 atom stereocenters. The Balaban J connectivity index is 0.000000178. The van der Waals surface area contributed by atoms with Crippen molar-refractivity contribution in [3.63, 3.8) is 0 Å². The van der Waals surface area contributed by atoms with E-state index in [1.54, 1.807) is 6.92 Å². The molecular weight excluding hydrogens is 1710 g/mol. The largest absolute Gasteiger partial charge is 0.396 e. The van der Waals surface area contributed by atoms with Crippen LogP contribution in [-0.4, -0.2) is 357 Å². The molecule has 34 heteroatoms. The van der Waals surface area contributed by atoms with E-state index in [2.05, 4.69) is 72.9 Å². The molecule has 2 spiro atoms. The Bertz CT molecular complexity index is 3930. The average Bonchev–Trinajstić information content (AvgIpc) is 1.55. The van der Waals surface area contributed by atoms with Gasteiger partial charge in [0.1, 0.15) is 134 Å². The van der Waals surface area contributed by atoms with Crippen LogP contribution in [-0.2, 0) is 71.1 Å². The van der Waals surface area contributed by atoms with Gasteiger partial charge in [0.2, 0.25) is 0 Å². The zero-order valence-electron chi connectivity index (χ0n) is 78.4. The van der Waals surface area contributed by atoms with Crippen LogP contribution in [0.15, 0.2) is 23.3 Å². The molecule has 0 amide bonds. The van der Waals surface area contributed by atoms with Crippen LogP contribution in [0.1, 0.15) is 218 Å². The van der Waals surface area contributed by atoms with E-state index in [4.69, 9.17) is 71.1 Å². The van der Waals surface area contributed by atoms with Gasteiger partial charge in [-0.1, -0.05) is 78.7 Å². The molecule has 8 saturated carbocycles. The third-order valence-corrected chi connectivity index (χ3v) is 38.4. The number of fused-ring (bicyclic) bond motifs is 14. The van der Waals surface area contributed by atoms with Gasteiger partial charge in [0.25, 0.3) is 0 Å². The number of allylic oxidation sites excluding steroid dienone is 2. The number of hydrogen-bond donors (Lipinski definition) is 19. The summed E-state index contributed by atoms with van der Waals surface area (Å²) < 4.78 is 94.5. The van der Waals surface area contributed by atoms with Gasteiger partial charge >= 0.3 is 0 Å². The van der Waals surface area contributed by atoms with Crippen LogP contribution in [0.5, 0.6) is 0 Å². The van der Waals surface area contributed by atoms with Crippen LogP contribution in [0.3, 0.4) is 0 Å². The number of hydrogen-bond acceptors (Lipinski definition) is 34. The summed E-state index contributed by atoms with van der Waals surface area (Å²) in [7, 11) is 0. The van der Waals surface area contributed by atoms with E-state index in [-0.39, 0.29) is 46.2 Å². The Morgan fingerprint density at radius 1 is 0.374 bits per heavy atom. The number of piperidine rings is 1. The van der Waals surface area contributed by atoms with Gasteiger partial charge in [0.15, 0.2) is 37.7 Å². The van der Waals surface area contributed by atoms with Crippen LogP contribution in [0, 0.1) is 98.6 Å². The number of rotatable bonds is 16. The second-order valence-electron chi connectivity index (χ2n) is 45.6. The minimum absolute atomic E-state index is 0.0384. The van der Waals surface area contributed by atoms with Crippen molar-refractivity contribution in [2.24, 2.45) is 98.6 Å². The Kier molecular flexibility index (Phi) is 28.9. The van der Waals surface area contributed by atoms with Crippen molar-refractivity contribution < 1.29 is 163 Å². The van der Waals surface area contributed by atoms with E-state index in [9.17, 15) is 91.9 Å². The van der Waals surface area contributed by atoms with Gasteiger partial charge in [0.05, 0.1) is 79.9 Å². The lowest BCUT2D eigenvalue weighted by molar-refractivity contribution is -0.397. The van der Waals surface area contributed by atoms with E-state index in [1.165, 1.54) is 89.7 Å². The molecule has 9 aliphatic heterocycles. The first kappa shape index (κ1) is 99.3. The lowest BCUT2D eigenvalue weighted by atomic mass is 9.46. The summed E-state index contributed by atoms with van der Waals surface area (Å²) in [5.41, 5.74) is 3.09. The normalized spacial score (nSPS) is 58.2. The summed E-state index contributed by atoms with van der Waals surface area (Å²) in [5, 5.41) is 199. The highest BCUT2D eigenvalue weighted by Gasteiger charge is 2.72. The molecule has 19 aliphatic rings. The molecule has 0 aromatic rings. The second-order valence-corrected chi connectivity index (χ2v) is 45.6.